The van der Waals surface area contributed by atoms with Crippen LogP contribution < -0.4 is 4.90 Å². The van der Waals surface area contributed by atoms with Crippen LogP contribution in [0.25, 0.3) is 0 Å². The van der Waals surface area contributed by atoms with Crippen LogP contribution in [0.3, 0.4) is 0 Å². The van der Waals surface area contributed by atoms with E-state index in [4.69, 9.17) is 4.42 Å². The van der Waals surface area contributed by atoms with Gasteiger partial charge < -0.3 is 14.1 Å². The molecule has 0 radical (unpaired) electrons. The van der Waals surface area contributed by atoms with Gasteiger partial charge in [0.15, 0.2) is 0 Å². The number of hydrogen-bond acceptors (Lipinski definition) is 4. The molecular weight excluding hydrogens is 282 g/mol. The second-order valence-corrected chi connectivity index (χ2v) is 4.96. The summed E-state index contributed by atoms with van der Waals surface area (Å²) in [5, 5.41) is 0. The number of carbonyl (C=O) groups excluding carboxylic acids is 2. The maximum Gasteiger partial charge on any atom is 0.307 e. The molecule has 0 aliphatic carbocycles. The predicted octanol–water partition coefficient (Wildman–Crippen LogP) is 3.11. The maximum absolute atomic E-state index is 12.8. The first-order chi connectivity index (χ1) is 10.5. The third-order valence-corrected chi connectivity index (χ3v) is 3.51. The van der Waals surface area contributed by atoms with Crippen LogP contribution in [-0.2, 0) is 9.53 Å². The van der Waals surface area contributed by atoms with Crippen molar-refractivity contribution in [1.29, 1.82) is 0 Å². The Morgan fingerprint density at radius 1 is 1.18 bits per heavy atom. The summed E-state index contributed by atoms with van der Waals surface area (Å²) in [6.07, 6.45) is 1.62. The summed E-state index contributed by atoms with van der Waals surface area (Å²) in [4.78, 5) is 25.8. The number of nitrogens with zero attached hydrogens (tertiary/aromatic N) is 1. The molecule has 0 atom stereocenters. The van der Waals surface area contributed by atoms with Crippen LogP contribution in [0.4, 0.5) is 5.69 Å². The van der Waals surface area contributed by atoms with Gasteiger partial charge in [0.05, 0.1) is 25.4 Å². The number of anilines is 1. The highest BCUT2D eigenvalue weighted by Gasteiger charge is 2.22. The third kappa shape index (κ3) is 3.36. The molecule has 2 rings (SSSR count). The standard InChI is InChI=1S/C17H19NO4/c1-12-6-4-5-7-15(12)18(10-8-16(19)21-3)17(20)14-9-11-22-13(14)2/h4-7,9,11H,8,10H2,1-3H3. The SMILES string of the molecule is COC(=O)CCN(C(=O)c1ccoc1C)c1ccccc1C. The van der Waals surface area contributed by atoms with Crippen molar-refractivity contribution < 1.29 is 18.7 Å². The molecule has 1 heterocycles. The molecule has 0 N–H and O–H groups in total. The lowest BCUT2D eigenvalue weighted by molar-refractivity contribution is -0.140. The van der Waals surface area contributed by atoms with Crippen LogP contribution in [0.15, 0.2) is 41.0 Å². The minimum absolute atomic E-state index is 0.132. The van der Waals surface area contributed by atoms with E-state index < -0.39 is 0 Å². The lowest BCUT2D eigenvalue weighted by atomic mass is 10.1. The Hall–Kier alpha value is -2.56. The molecule has 0 spiro atoms. The molecule has 22 heavy (non-hydrogen) atoms. The van der Waals surface area contributed by atoms with Gasteiger partial charge in [-0.15, -0.1) is 0 Å². The van der Waals surface area contributed by atoms with Gasteiger partial charge in [0, 0.05) is 12.2 Å². The normalized spacial score (nSPS) is 10.3. The van der Waals surface area contributed by atoms with Gasteiger partial charge in [-0.1, -0.05) is 18.2 Å². The van der Waals surface area contributed by atoms with Gasteiger partial charge in [0.2, 0.25) is 0 Å². The molecule has 116 valence electrons. The fourth-order valence-electron chi connectivity index (χ4n) is 2.26. The number of hydrogen-bond donors (Lipinski definition) is 0. The molecule has 0 aliphatic heterocycles. The molecule has 0 bridgehead atoms. The molecule has 1 amide bonds. The summed E-state index contributed by atoms with van der Waals surface area (Å²) >= 11 is 0. The second-order valence-electron chi connectivity index (χ2n) is 4.96. The number of amides is 1. The highest BCUT2D eigenvalue weighted by molar-refractivity contribution is 6.07. The lowest BCUT2D eigenvalue weighted by Crippen LogP contribution is -2.34. The average Bonchev–Trinajstić information content (AvgIpc) is 2.94. The fraction of sp³-hybridized carbons (Fsp3) is 0.294. The molecule has 0 fully saturated rings. The van der Waals surface area contributed by atoms with Crippen LogP contribution in [-0.4, -0.2) is 25.5 Å². The van der Waals surface area contributed by atoms with E-state index in [0.29, 0.717) is 11.3 Å². The summed E-state index contributed by atoms with van der Waals surface area (Å²) in [5.74, 6) is 0.0152. The van der Waals surface area contributed by atoms with Crippen molar-refractivity contribution in [3.8, 4) is 0 Å². The summed E-state index contributed by atoms with van der Waals surface area (Å²) < 4.78 is 9.88. The smallest absolute Gasteiger partial charge is 0.307 e. The summed E-state index contributed by atoms with van der Waals surface area (Å²) in [5.41, 5.74) is 2.23. The van der Waals surface area contributed by atoms with E-state index in [-0.39, 0.29) is 24.8 Å². The second kappa shape index (κ2) is 6.93. The van der Waals surface area contributed by atoms with Crippen molar-refractivity contribution in [2.45, 2.75) is 20.3 Å². The molecule has 0 saturated carbocycles. The lowest BCUT2D eigenvalue weighted by Gasteiger charge is -2.24. The minimum atomic E-state index is -0.352. The summed E-state index contributed by atoms with van der Waals surface area (Å²) in [7, 11) is 1.34. The number of aryl methyl sites for hydroxylation is 2. The number of ether oxygens (including phenoxy) is 1. The summed E-state index contributed by atoms with van der Waals surface area (Å²) in [6, 6.07) is 9.20. The first-order valence-corrected chi connectivity index (χ1v) is 7.03. The van der Waals surface area contributed by atoms with Gasteiger partial charge in [-0.2, -0.15) is 0 Å². The molecule has 2 aromatic rings. The van der Waals surface area contributed by atoms with Crippen LogP contribution in [0.1, 0.15) is 28.1 Å². The quantitative estimate of drug-likeness (QED) is 0.796. The molecule has 0 aliphatic rings. The Balaban J connectivity index is 2.33. The van der Waals surface area contributed by atoms with Crippen molar-refractivity contribution in [2.75, 3.05) is 18.6 Å². The zero-order chi connectivity index (χ0) is 16.1. The number of carbonyl (C=O) groups is 2. The number of furan rings is 1. The van der Waals surface area contributed by atoms with Crippen molar-refractivity contribution in [1.82, 2.24) is 0 Å². The molecule has 5 heteroatoms. The molecule has 1 aromatic heterocycles. The zero-order valence-corrected chi connectivity index (χ0v) is 13.0. The van der Waals surface area contributed by atoms with Crippen molar-refractivity contribution in [2.24, 2.45) is 0 Å². The Labute approximate surface area is 129 Å². The van der Waals surface area contributed by atoms with Crippen LogP contribution in [0.5, 0.6) is 0 Å². The number of rotatable bonds is 5. The van der Waals surface area contributed by atoms with Crippen molar-refractivity contribution in [3.63, 3.8) is 0 Å². The van der Waals surface area contributed by atoms with E-state index >= 15 is 0 Å². The maximum atomic E-state index is 12.8. The van der Waals surface area contributed by atoms with Gasteiger partial charge in [0.1, 0.15) is 5.76 Å². The van der Waals surface area contributed by atoms with Crippen molar-refractivity contribution in [3.05, 3.63) is 53.5 Å². The van der Waals surface area contributed by atoms with Gasteiger partial charge in [-0.25, -0.2) is 0 Å². The first kappa shape index (κ1) is 15.8. The molecule has 1 aromatic carbocycles. The largest absolute Gasteiger partial charge is 0.469 e. The average molecular weight is 301 g/mol. The van der Waals surface area contributed by atoms with E-state index in [1.807, 2.05) is 31.2 Å². The first-order valence-electron chi connectivity index (χ1n) is 7.03. The van der Waals surface area contributed by atoms with Gasteiger partial charge in [0.25, 0.3) is 5.91 Å². The Morgan fingerprint density at radius 3 is 2.50 bits per heavy atom. The minimum Gasteiger partial charge on any atom is -0.469 e. The number of benzene rings is 1. The van der Waals surface area contributed by atoms with E-state index in [1.165, 1.54) is 13.4 Å². The van der Waals surface area contributed by atoms with Crippen molar-refractivity contribution >= 4 is 17.6 Å². The van der Waals surface area contributed by atoms with E-state index in [2.05, 4.69) is 4.74 Å². The van der Waals surface area contributed by atoms with Crippen LogP contribution in [0.2, 0.25) is 0 Å². The van der Waals surface area contributed by atoms with E-state index in [9.17, 15) is 9.59 Å². The highest BCUT2D eigenvalue weighted by atomic mass is 16.5. The Bertz CT molecular complexity index is 675. The Kier molecular flexibility index (Phi) is 4.99. The zero-order valence-electron chi connectivity index (χ0n) is 13.0. The Morgan fingerprint density at radius 2 is 1.91 bits per heavy atom. The third-order valence-electron chi connectivity index (χ3n) is 3.51. The van der Waals surface area contributed by atoms with Gasteiger partial charge >= 0.3 is 5.97 Å². The molecular formula is C17H19NO4. The molecule has 5 nitrogen and oxygen atoms in total. The summed E-state index contributed by atoms with van der Waals surface area (Å²) in [6.45, 7) is 3.92. The topological polar surface area (TPSA) is 59.8 Å². The van der Waals surface area contributed by atoms with Crippen LogP contribution in [0, 0.1) is 13.8 Å². The molecule has 0 saturated heterocycles. The monoisotopic (exact) mass is 301 g/mol. The number of methoxy groups -OCH3 is 1. The van der Waals surface area contributed by atoms with Crippen LogP contribution >= 0.6 is 0 Å². The number of esters is 1. The predicted molar refractivity (Wildman–Crippen MR) is 82.9 cm³/mol. The fourth-order valence-corrected chi connectivity index (χ4v) is 2.26. The van der Waals surface area contributed by atoms with Gasteiger partial charge in [-0.3, -0.25) is 9.59 Å². The molecule has 0 unspecified atom stereocenters. The van der Waals surface area contributed by atoms with E-state index in [1.54, 1.807) is 17.9 Å². The number of para-hydroxylation sites is 1. The highest BCUT2D eigenvalue weighted by Crippen LogP contribution is 2.23. The van der Waals surface area contributed by atoms with Gasteiger partial charge in [-0.05, 0) is 31.5 Å². The van der Waals surface area contributed by atoms with E-state index in [0.717, 1.165) is 11.3 Å².